The van der Waals surface area contributed by atoms with Gasteiger partial charge in [-0.2, -0.15) is 0 Å². The van der Waals surface area contributed by atoms with Gasteiger partial charge in [-0.3, -0.25) is 0 Å². The molecule has 2 atom stereocenters. The molecule has 0 aromatic heterocycles. The summed E-state index contributed by atoms with van der Waals surface area (Å²) in [7, 11) is 0. The topological polar surface area (TPSA) is 32.3 Å². The van der Waals surface area contributed by atoms with Crippen LogP contribution in [0.25, 0.3) is 0 Å². The molecule has 0 aromatic rings. The highest BCUT2D eigenvalue weighted by atomic mass is 19.3. The van der Waals surface area contributed by atoms with E-state index in [2.05, 4.69) is 5.32 Å². The largest absolute Gasteiger partial charge is 0.389 e. The van der Waals surface area contributed by atoms with Crippen molar-refractivity contribution in [1.29, 1.82) is 0 Å². The van der Waals surface area contributed by atoms with E-state index in [4.69, 9.17) is 5.11 Å². The highest BCUT2D eigenvalue weighted by molar-refractivity contribution is 4.86. The summed E-state index contributed by atoms with van der Waals surface area (Å²) in [5.74, 6) is -2.58. The zero-order valence-corrected chi connectivity index (χ0v) is 7.27. The lowest BCUT2D eigenvalue weighted by Gasteiger charge is -2.14. The second-order valence-corrected chi connectivity index (χ2v) is 3.51. The number of aliphatic hydroxyl groups is 1. The molecule has 78 valence electrons. The van der Waals surface area contributed by atoms with Gasteiger partial charge < -0.3 is 10.4 Å². The van der Waals surface area contributed by atoms with Crippen LogP contribution in [0.4, 0.5) is 13.2 Å². The standard InChI is InChI=1S/C8H14F3NO/c9-4-7(13)5-12-6-1-2-8(10,11)3-6/h6-7,12-13H,1-5H2. The van der Waals surface area contributed by atoms with Gasteiger partial charge in [-0.15, -0.1) is 0 Å². The van der Waals surface area contributed by atoms with Crippen molar-refractivity contribution >= 4 is 0 Å². The van der Waals surface area contributed by atoms with E-state index >= 15 is 0 Å². The van der Waals surface area contributed by atoms with Crippen LogP contribution < -0.4 is 5.32 Å². The maximum atomic E-state index is 12.6. The Bertz CT molecular complexity index is 165. The van der Waals surface area contributed by atoms with Crippen molar-refractivity contribution in [3.8, 4) is 0 Å². The van der Waals surface area contributed by atoms with E-state index in [1.54, 1.807) is 0 Å². The van der Waals surface area contributed by atoms with E-state index in [1.807, 2.05) is 0 Å². The first-order chi connectivity index (χ1) is 6.03. The Morgan fingerprint density at radius 2 is 2.23 bits per heavy atom. The molecule has 0 heterocycles. The quantitative estimate of drug-likeness (QED) is 0.707. The number of aliphatic hydroxyl groups excluding tert-OH is 1. The summed E-state index contributed by atoms with van der Waals surface area (Å²) in [5.41, 5.74) is 0. The van der Waals surface area contributed by atoms with Crippen LogP contribution >= 0.6 is 0 Å². The van der Waals surface area contributed by atoms with Gasteiger partial charge in [0.05, 0.1) is 6.10 Å². The Kier molecular flexibility index (Phi) is 3.55. The summed E-state index contributed by atoms with van der Waals surface area (Å²) >= 11 is 0. The first-order valence-electron chi connectivity index (χ1n) is 4.39. The minimum absolute atomic E-state index is 0.0528. The number of halogens is 3. The van der Waals surface area contributed by atoms with Crippen molar-refractivity contribution < 1.29 is 18.3 Å². The van der Waals surface area contributed by atoms with Gasteiger partial charge in [-0.25, -0.2) is 13.2 Å². The lowest BCUT2D eigenvalue weighted by atomic mass is 10.2. The second-order valence-electron chi connectivity index (χ2n) is 3.51. The van der Waals surface area contributed by atoms with Gasteiger partial charge in [0.1, 0.15) is 6.67 Å². The van der Waals surface area contributed by atoms with Gasteiger partial charge in [-0.1, -0.05) is 0 Å². The lowest BCUT2D eigenvalue weighted by Crippen LogP contribution is -2.35. The molecule has 5 heteroatoms. The molecular formula is C8H14F3NO. The van der Waals surface area contributed by atoms with E-state index in [-0.39, 0.29) is 25.4 Å². The van der Waals surface area contributed by atoms with Crippen LogP contribution in [-0.4, -0.2) is 36.4 Å². The molecule has 0 bridgehead atoms. The first kappa shape index (κ1) is 10.8. The number of hydrogen-bond acceptors (Lipinski definition) is 2. The monoisotopic (exact) mass is 197 g/mol. The van der Waals surface area contributed by atoms with Gasteiger partial charge in [0, 0.05) is 25.4 Å². The fraction of sp³-hybridized carbons (Fsp3) is 1.00. The summed E-state index contributed by atoms with van der Waals surface area (Å²) in [6.07, 6.45) is -0.997. The Morgan fingerprint density at radius 3 is 2.69 bits per heavy atom. The Labute approximate surface area is 75.1 Å². The molecular weight excluding hydrogens is 183 g/mol. The third-order valence-corrected chi connectivity index (χ3v) is 2.22. The van der Waals surface area contributed by atoms with Crippen LogP contribution in [0, 0.1) is 0 Å². The normalized spacial score (nSPS) is 29.1. The molecule has 1 aliphatic rings. The van der Waals surface area contributed by atoms with Gasteiger partial charge >= 0.3 is 0 Å². The Balaban J connectivity index is 2.17. The molecule has 0 spiro atoms. The van der Waals surface area contributed by atoms with Crippen LogP contribution in [0.5, 0.6) is 0 Å². The summed E-state index contributed by atoms with van der Waals surface area (Å²) in [6, 6.07) is -0.281. The van der Waals surface area contributed by atoms with Crippen molar-refractivity contribution in [3.63, 3.8) is 0 Å². The minimum Gasteiger partial charge on any atom is -0.389 e. The van der Waals surface area contributed by atoms with Gasteiger partial charge in [-0.05, 0) is 6.42 Å². The molecule has 0 aliphatic heterocycles. The van der Waals surface area contributed by atoms with E-state index in [1.165, 1.54) is 0 Å². The average Bonchev–Trinajstić information content (AvgIpc) is 2.41. The lowest BCUT2D eigenvalue weighted by molar-refractivity contribution is 0.00642. The molecule has 1 rings (SSSR count). The Hall–Kier alpha value is -0.290. The van der Waals surface area contributed by atoms with Crippen LogP contribution in [0.2, 0.25) is 0 Å². The van der Waals surface area contributed by atoms with Gasteiger partial charge in [0.2, 0.25) is 5.92 Å². The van der Waals surface area contributed by atoms with Crippen molar-refractivity contribution in [2.75, 3.05) is 13.2 Å². The number of nitrogens with one attached hydrogen (secondary N) is 1. The minimum atomic E-state index is -2.58. The van der Waals surface area contributed by atoms with Gasteiger partial charge in [0.15, 0.2) is 0 Å². The zero-order valence-electron chi connectivity index (χ0n) is 7.27. The smallest absolute Gasteiger partial charge is 0.249 e. The molecule has 1 fully saturated rings. The van der Waals surface area contributed by atoms with Crippen LogP contribution in [0.1, 0.15) is 19.3 Å². The molecule has 0 saturated heterocycles. The van der Waals surface area contributed by atoms with E-state index < -0.39 is 18.7 Å². The van der Waals surface area contributed by atoms with Crippen molar-refractivity contribution in [2.24, 2.45) is 0 Å². The maximum absolute atomic E-state index is 12.6. The molecule has 0 radical (unpaired) electrons. The van der Waals surface area contributed by atoms with E-state index in [0.717, 1.165) is 0 Å². The number of hydrogen-bond donors (Lipinski definition) is 2. The summed E-state index contributed by atoms with van der Waals surface area (Å²) in [6.45, 7) is -0.784. The summed E-state index contributed by atoms with van der Waals surface area (Å²) < 4.78 is 37.0. The molecule has 2 N–H and O–H groups in total. The Morgan fingerprint density at radius 1 is 1.54 bits per heavy atom. The number of alkyl halides is 3. The predicted octanol–water partition coefficient (Wildman–Crippen LogP) is 1.09. The summed E-state index contributed by atoms with van der Waals surface area (Å²) in [5, 5.41) is 11.5. The molecule has 0 aromatic carbocycles. The van der Waals surface area contributed by atoms with Crippen molar-refractivity contribution in [1.82, 2.24) is 5.32 Å². The van der Waals surface area contributed by atoms with E-state index in [0.29, 0.717) is 6.42 Å². The van der Waals surface area contributed by atoms with Gasteiger partial charge in [0.25, 0.3) is 0 Å². The zero-order chi connectivity index (χ0) is 9.90. The van der Waals surface area contributed by atoms with Crippen molar-refractivity contribution in [3.05, 3.63) is 0 Å². The number of rotatable bonds is 4. The third-order valence-electron chi connectivity index (χ3n) is 2.22. The SMILES string of the molecule is OC(CF)CNC1CCC(F)(F)C1. The molecule has 1 saturated carbocycles. The van der Waals surface area contributed by atoms with E-state index in [9.17, 15) is 13.2 Å². The average molecular weight is 197 g/mol. The van der Waals surface area contributed by atoms with Crippen LogP contribution in [-0.2, 0) is 0 Å². The fourth-order valence-electron chi connectivity index (χ4n) is 1.48. The highest BCUT2D eigenvalue weighted by Gasteiger charge is 2.39. The predicted molar refractivity (Wildman–Crippen MR) is 42.6 cm³/mol. The maximum Gasteiger partial charge on any atom is 0.249 e. The van der Waals surface area contributed by atoms with Crippen LogP contribution in [0.15, 0.2) is 0 Å². The first-order valence-corrected chi connectivity index (χ1v) is 4.39. The molecule has 13 heavy (non-hydrogen) atoms. The fourth-order valence-corrected chi connectivity index (χ4v) is 1.48. The second kappa shape index (κ2) is 4.28. The molecule has 2 nitrogen and oxygen atoms in total. The third kappa shape index (κ3) is 3.52. The highest BCUT2D eigenvalue weighted by Crippen LogP contribution is 2.34. The molecule has 1 aliphatic carbocycles. The van der Waals surface area contributed by atoms with Crippen LogP contribution in [0.3, 0.4) is 0 Å². The summed E-state index contributed by atoms with van der Waals surface area (Å²) in [4.78, 5) is 0. The molecule has 0 amide bonds. The van der Waals surface area contributed by atoms with Crippen molar-refractivity contribution in [2.45, 2.75) is 37.3 Å². The molecule has 2 unspecified atom stereocenters.